The fraction of sp³-hybridized carbons (Fsp3) is 0.429. The highest BCUT2D eigenvalue weighted by atomic mass is 14.0. The van der Waals surface area contributed by atoms with Crippen molar-refractivity contribution in [3.05, 3.63) is 35.4 Å². The quantitative estimate of drug-likeness (QED) is 0.616. The van der Waals surface area contributed by atoms with E-state index in [1.165, 1.54) is 18.4 Å². The molecule has 0 heteroatoms. The van der Waals surface area contributed by atoms with Gasteiger partial charge in [0.15, 0.2) is 0 Å². The zero-order chi connectivity index (χ0) is 10.4. The van der Waals surface area contributed by atoms with Crippen LogP contribution in [0.4, 0.5) is 0 Å². The van der Waals surface area contributed by atoms with Crippen molar-refractivity contribution in [3.8, 4) is 11.8 Å². The van der Waals surface area contributed by atoms with Crippen LogP contribution in [0.5, 0.6) is 0 Å². The number of hydrogen-bond donors (Lipinski definition) is 0. The highest BCUT2D eigenvalue weighted by molar-refractivity contribution is 5.36. The molecule has 1 atom stereocenters. The van der Waals surface area contributed by atoms with Crippen LogP contribution in [0.1, 0.15) is 37.8 Å². The van der Waals surface area contributed by atoms with Gasteiger partial charge >= 0.3 is 0 Å². The zero-order valence-electron chi connectivity index (χ0n) is 9.30. The van der Waals surface area contributed by atoms with Gasteiger partial charge in [-0.05, 0) is 25.5 Å². The second-order valence-corrected chi connectivity index (χ2v) is 3.83. The summed E-state index contributed by atoms with van der Waals surface area (Å²) in [5, 5.41) is 0. The van der Waals surface area contributed by atoms with E-state index < -0.39 is 0 Å². The summed E-state index contributed by atoms with van der Waals surface area (Å²) in [5.41, 5.74) is 2.41. The van der Waals surface area contributed by atoms with Gasteiger partial charge in [0.25, 0.3) is 0 Å². The first-order valence-electron chi connectivity index (χ1n) is 5.30. The highest BCUT2D eigenvalue weighted by Gasteiger charge is 1.93. The molecule has 0 aliphatic carbocycles. The Hall–Kier alpha value is -1.22. The van der Waals surface area contributed by atoms with Crippen LogP contribution in [0, 0.1) is 24.7 Å². The largest absolute Gasteiger partial charge is 0.0948 e. The summed E-state index contributed by atoms with van der Waals surface area (Å²) in [6, 6.07) is 8.38. The van der Waals surface area contributed by atoms with Crippen molar-refractivity contribution in [3.63, 3.8) is 0 Å². The molecule has 0 spiro atoms. The Kier molecular flexibility index (Phi) is 4.26. The van der Waals surface area contributed by atoms with E-state index in [0.717, 1.165) is 5.56 Å². The second kappa shape index (κ2) is 5.50. The average molecular weight is 186 g/mol. The molecule has 0 aromatic heterocycles. The van der Waals surface area contributed by atoms with E-state index in [1.807, 2.05) is 0 Å². The lowest BCUT2D eigenvalue weighted by Gasteiger charge is -1.98. The Morgan fingerprint density at radius 3 is 2.43 bits per heavy atom. The Labute approximate surface area is 87.4 Å². The van der Waals surface area contributed by atoms with Gasteiger partial charge in [0.05, 0.1) is 0 Å². The van der Waals surface area contributed by atoms with Crippen LogP contribution in [0.3, 0.4) is 0 Å². The second-order valence-electron chi connectivity index (χ2n) is 3.83. The van der Waals surface area contributed by atoms with E-state index in [2.05, 4.69) is 56.9 Å². The van der Waals surface area contributed by atoms with Crippen LogP contribution >= 0.6 is 0 Å². The fourth-order valence-corrected chi connectivity index (χ4v) is 1.35. The molecule has 0 aliphatic heterocycles. The maximum Gasteiger partial charge on any atom is 0.0245 e. The summed E-state index contributed by atoms with van der Waals surface area (Å²) in [7, 11) is 0. The first-order valence-corrected chi connectivity index (χ1v) is 5.30. The number of hydrogen-bond acceptors (Lipinski definition) is 0. The summed E-state index contributed by atoms with van der Waals surface area (Å²) in [6.07, 6.45) is 2.41. The summed E-state index contributed by atoms with van der Waals surface area (Å²) in [5.74, 6) is 6.99. The fourth-order valence-electron chi connectivity index (χ4n) is 1.35. The molecule has 0 nitrogen and oxygen atoms in total. The van der Waals surface area contributed by atoms with Crippen molar-refractivity contribution < 1.29 is 0 Å². The van der Waals surface area contributed by atoms with Gasteiger partial charge in [0, 0.05) is 11.5 Å². The van der Waals surface area contributed by atoms with E-state index in [9.17, 15) is 0 Å². The predicted molar refractivity (Wildman–Crippen MR) is 62.1 cm³/mol. The molecule has 1 aromatic carbocycles. The third kappa shape index (κ3) is 3.66. The SMILES string of the molecule is CCCC(C)C#Cc1ccc(C)cc1. The van der Waals surface area contributed by atoms with E-state index in [4.69, 9.17) is 0 Å². The lowest BCUT2D eigenvalue weighted by atomic mass is 10.1. The summed E-state index contributed by atoms with van der Waals surface area (Å²) >= 11 is 0. The molecule has 0 radical (unpaired) electrons. The van der Waals surface area contributed by atoms with Crippen LogP contribution in [0.2, 0.25) is 0 Å². The van der Waals surface area contributed by atoms with Crippen molar-refractivity contribution in [2.45, 2.75) is 33.6 Å². The van der Waals surface area contributed by atoms with E-state index in [1.54, 1.807) is 0 Å². The molecule has 74 valence electrons. The standard InChI is InChI=1S/C14H18/c1-4-5-12(2)6-9-14-10-7-13(3)8-11-14/h7-8,10-12H,4-5H2,1-3H3. The van der Waals surface area contributed by atoms with Gasteiger partial charge in [0.2, 0.25) is 0 Å². The van der Waals surface area contributed by atoms with Gasteiger partial charge in [-0.1, -0.05) is 49.8 Å². The number of aryl methyl sites for hydroxylation is 1. The summed E-state index contributed by atoms with van der Waals surface area (Å²) in [6.45, 7) is 6.48. The molecule has 1 rings (SSSR count). The maximum absolute atomic E-state index is 3.27. The Balaban J connectivity index is 2.63. The van der Waals surface area contributed by atoms with Crippen molar-refractivity contribution in [1.82, 2.24) is 0 Å². The third-order valence-corrected chi connectivity index (χ3v) is 2.24. The minimum Gasteiger partial charge on any atom is -0.0948 e. The molecule has 14 heavy (non-hydrogen) atoms. The minimum absolute atomic E-state index is 0.515. The molecular formula is C14H18. The molecule has 0 N–H and O–H groups in total. The first-order chi connectivity index (χ1) is 6.72. The Morgan fingerprint density at radius 1 is 1.21 bits per heavy atom. The topological polar surface area (TPSA) is 0 Å². The molecule has 0 saturated heterocycles. The average Bonchev–Trinajstić information content (AvgIpc) is 2.17. The predicted octanol–water partition coefficient (Wildman–Crippen LogP) is 3.78. The molecular weight excluding hydrogens is 168 g/mol. The number of rotatable bonds is 2. The smallest absolute Gasteiger partial charge is 0.0245 e. The molecule has 1 aromatic rings. The molecule has 0 saturated carbocycles. The van der Waals surface area contributed by atoms with Crippen LogP contribution in [-0.4, -0.2) is 0 Å². The van der Waals surface area contributed by atoms with Gasteiger partial charge < -0.3 is 0 Å². The van der Waals surface area contributed by atoms with Gasteiger partial charge in [-0.2, -0.15) is 0 Å². The van der Waals surface area contributed by atoms with Crippen molar-refractivity contribution in [2.24, 2.45) is 5.92 Å². The van der Waals surface area contributed by atoms with Crippen molar-refractivity contribution in [1.29, 1.82) is 0 Å². The van der Waals surface area contributed by atoms with Gasteiger partial charge in [-0.15, -0.1) is 0 Å². The van der Waals surface area contributed by atoms with Gasteiger partial charge in [0.1, 0.15) is 0 Å². The normalized spacial score (nSPS) is 11.6. The zero-order valence-corrected chi connectivity index (χ0v) is 9.30. The third-order valence-electron chi connectivity index (χ3n) is 2.24. The van der Waals surface area contributed by atoms with Crippen LogP contribution in [0.25, 0.3) is 0 Å². The van der Waals surface area contributed by atoms with Crippen LogP contribution in [0.15, 0.2) is 24.3 Å². The lowest BCUT2D eigenvalue weighted by Crippen LogP contribution is -1.88. The molecule has 0 bridgehead atoms. The Morgan fingerprint density at radius 2 is 1.86 bits per heavy atom. The minimum atomic E-state index is 0.515. The van der Waals surface area contributed by atoms with Gasteiger partial charge in [-0.3, -0.25) is 0 Å². The molecule has 0 amide bonds. The van der Waals surface area contributed by atoms with E-state index >= 15 is 0 Å². The van der Waals surface area contributed by atoms with E-state index in [-0.39, 0.29) is 0 Å². The first kappa shape index (κ1) is 10.9. The van der Waals surface area contributed by atoms with E-state index in [0.29, 0.717) is 5.92 Å². The van der Waals surface area contributed by atoms with Gasteiger partial charge in [-0.25, -0.2) is 0 Å². The molecule has 0 heterocycles. The van der Waals surface area contributed by atoms with Crippen LogP contribution in [-0.2, 0) is 0 Å². The van der Waals surface area contributed by atoms with Crippen molar-refractivity contribution >= 4 is 0 Å². The maximum atomic E-state index is 3.27. The Bertz CT molecular complexity index is 321. The summed E-state index contributed by atoms with van der Waals surface area (Å²) in [4.78, 5) is 0. The molecule has 0 fully saturated rings. The molecule has 1 unspecified atom stereocenters. The highest BCUT2D eigenvalue weighted by Crippen LogP contribution is 2.05. The van der Waals surface area contributed by atoms with Crippen molar-refractivity contribution in [2.75, 3.05) is 0 Å². The summed E-state index contributed by atoms with van der Waals surface area (Å²) < 4.78 is 0. The van der Waals surface area contributed by atoms with Crippen LogP contribution < -0.4 is 0 Å². The monoisotopic (exact) mass is 186 g/mol. The lowest BCUT2D eigenvalue weighted by molar-refractivity contribution is 0.653. The molecule has 0 aliphatic rings. The number of benzene rings is 1.